The van der Waals surface area contributed by atoms with E-state index < -0.39 is 0 Å². The lowest BCUT2D eigenvalue weighted by atomic mass is 10.00. The quantitative estimate of drug-likeness (QED) is 0.876. The highest BCUT2D eigenvalue weighted by Crippen LogP contribution is 2.17. The Morgan fingerprint density at radius 1 is 1.33 bits per heavy atom. The van der Waals surface area contributed by atoms with E-state index in [0.717, 1.165) is 22.9 Å². The predicted octanol–water partition coefficient (Wildman–Crippen LogP) is 2.47. The fraction of sp³-hybridized carbons (Fsp3) is 0.333. The molecule has 1 unspecified atom stereocenters. The van der Waals surface area contributed by atoms with E-state index in [0.29, 0.717) is 12.8 Å². The van der Waals surface area contributed by atoms with Gasteiger partial charge >= 0.3 is 0 Å². The Morgan fingerprint density at radius 3 is 2.89 bits per heavy atom. The van der Waals surface area contributed by atoms with Crippen LogP contribution in [0.4, 0.5) is 0 Å². The number of carbonyl (C=O) groups excluding carboxylic acids is 1. The number of para-hydroxylation sites is 1. The summed E-state index contributed by atoms with van der Waals surface area (Å²) >= 11 is 0. The number of pyridine rings is 1. The third-order valence-electron chi connectivity index (χ3n) is 3.14. The van der Waals surface area contributed by atoms with Crippen LogP contribution in [0.1, 0.15) is 25.3 Å². The molecule has 3 nitrogen and oxygen atoms in total. The van der Waals surface area contributed by atoms with E-state index in [-0.39, 0.29) is 11.8 Å². The van der Waals surface area contributed by atoms with Gasteiger partial charge in [-0.25, -0.2) is 0 Å². The maximum Gasteiger partial charge on any atom is 0.138 e. The molecular formula is C15H18N2O. The third kappa shape index (κ3) is 2.93. The first-order valence-electron chi connectivity index (χ1n) is 6.30. The van der Waals surface area contributed by atoms with E-state index in [9.17, 15) is 4.79 Å². The van der Waals surface area contributed by atoms with Crippen LogP contribution in [-0.2, 0) is 11.2 Å². The van der Waals surface area contributed by atoms with E-state index in [4.69, 9.17) is 5.73 Å². The molecule has 1 aromatic heterocycles. The van der Waals surface area contributed by atoms with Crippen molar-refractivity contribution < 1.29 is 4.79 Å². The molecule has 3 heteroatoms. The molecule has 18 heavy (non-hydrogen) atoms. The van der Waals surface area contributed by atoms with Crippen molar-refractivity contribution in [2.24, 2.45) is 5.73 Å². The van der Waals surface area contributed by atoms with Crippen LogP contribution in [0.25, 0.3) is 10.9 Å². The maximum absolute atomic E-state index is 11.9. The highest BCUT2D eigenvalue weighted by atomic mass is 16.1. The fourth-order valence-electron chi connectivity index (χ4n) is 2.03. The van der Waals surface area contributed by atoms with Gasteiger partial charge in [0.2, 0.25) is 0 Å². The van der Waals surface area contributed by atoms with Gasteiger partial charge in [0.05, 0.1) is 5.52 Å². The molecule has 2 aromatic rings. The molecule has 0 amide bonds. The predicted molar refractivity (Wildman–Crippen MR) is 73.3 cm³/mol. The highest BCUT2D eigenvalue weighted by Gasteiger charge is 2.10. The van der Waals surface area contributed by atoms with Crippen LogP contribution in [0.5, 0.6) is 0 Å². The average molecular weight is 242 g/mol. The number of rotatable bonds is 5. The number of hydrogen-bond acceptors (Lipinski definition) is 3. The van der Waals surface area contributed by atoms with Crippen LogP contribution in [0, 0.1) is 0 Å². The first kappa shape index (κ1) is 12.7. The summed E-state index contributed by atoms with van der Waals surface area (Å²) < 4.78 is 0. The van der Waals surface area contributed by atoms with Crippen molar-refractivity contribution in [3.63, 3.8) is 0 Å². The summed E-state index contributed by atoms with van der Waals surface area (Å²) in [5.74, 6) is 0.195. The van der Waals surface area contributed by atoms with Crippen LogP contribution in [0.15, 0.2) is 36.5 Å². The molecule has 1 heterocycles. The minimum Gasteiger partial charge on any atom is -0.327 e. The van der Waals surface area contributed by atoms with Crippen LogP contribution < -0.4 is 5.73 Å². The van der Waals surface area contributed by atoms with Crippen molar-refractivity contribution in [1.29, 1.82) is 0 Å². The van der Waals surface area contributed by atoms with Gasteiger partial charge in [-0.1, -0.05) is 25.1 Å². The lowest BCUT2D eigenvalue weighted by Crippen LogP contribution is -2.23. The van der Waals surface area contributed by atoms with E-state index in [1.165, 1.54) is 0 Å². The van der Waals surface area contributed by atoms with Gasteiger partial charge in [0.15, 0.2) is 0 Å². The Balaban J connectivity index is 2.19. The summed E-state index contributed by atoms with van der Waals surface area (Å²) in [7, 11) is 0. The van der Waals surface area contributed by atoms with Gasteiger partial charge in [-0.3, -0.25) is 9.78 Å². The van der Waals surface area contributed by atoms with E-state index in [1.807, 2.05) is 37.3 Å². The zero-order valence-corrected chi connectivity index (χ0v) is 10.6. The van der Waals surface area contributed by atoms with Crippen molar-refractivity contribution in [3.05, 3.63) is 42.1 Å². The van der Waals surface area contributed by atoms with E-state index in [2.05, 4.69) is 4.98 Å². The van der Waals surface area contributed by atoms with Gasteiger partial charge in [0.1, 0.15) is 5.78 Å². The zero-order chi connectivity index (χ0) is 13.0. The number of hydrogen-bond donors (Lipinski definition) is 1. The molecule has 0 aliphatic rings. The standard InChI is InChI=1S/C15H18N2O/c1-2-12(16)10-13(18)9-11-7-8-17-15-6-4-3-5-14(11)15/h3-8,12H,2,9-10,16H2,1H3. The molecule has 1 atom stereocenters. The molecule has 0 aliphatic carbocycles. The SMILES string of the molecule is CCC(N)CC(=O)Cc1ccnc2ccccc12. The normalized spacial score (nSPS) is 12.6. The van der Waals surface area contributed by atoms with Gasteiger partial charge < -0.3 is 5.73 Å². The van der Waals surface area contributed by atoms with E-state index in [1.54, 1.807) is 6.20 Å². The van der Waals surface area contributed by atoms with Crippen LogP contribution in [0.3, 0.4) is 0 Å². The van der Waals surface area contributed by atoms with Crippen LogP contribution >= 0.6 is 0 Å². The Kier molecular flexibility index (Phi) is 4.05. The van der Waals surface area contributed by atoms with Crippen LogP contribution in [0.2, 0.25) is 0 Å². The number of fused-ring (bicyclic) bond motifs is 1. The number of ketones is 1. The molecule has 0 spiro atoms. The summed E-state index contributed by atoms with van der Waals surface area (Å²) in [4.78, 5) is 16.2. The molecule has 0 saturated carbocycles. The molecule has 1 aromatic carbocycles. The van der Waals surface area contributed by atoms with E-state index >= 15 is 0 Å². The van der Waals surface area contributed by atoms with Gasteiger partial charge in [0, 0.05) is 30.5 Å². The number of benzene rings is 1. The second kappa shape index (κ2) is 5.74. The molecular weight excluding hydrogens is 224 g/mol. The molecule has 0 radical (unpaired) electrons. The lowest BCUT2D eigenvalue weighted by molar-refractivity contribution is -0.118. The molecule has 94 valence electrons. The van der Waals surface area contributed by atoms with Crippen molar-refractivity contribution in [3.8, 4) is 0 Å². The maximum atomic E-state index is 11.9. The molecule has 0 saturated heterocycles. The number of nitrogens with two attached hydrogens (primary N) is 1. The van der Waals surface area contributed by atoms with Crippen molar-refractivity contribution in [1.82, 2.24) is 4.98 Å². The highest BCUT2D eigenvalue weighted by molar-refractivity contribution is 5.89. The molecule has 2 N–H and O–H groups in total. The number of Topliss-reactive ketones (excluding diaryl/α,β-unsaturated/α-hetero) is 1. The number of carbonyl (C=O) groups is 1. The second-order valence-corrected chi connectivity index (χ2v) is 4.58. The van der Waals surface area contributed by atoms with Crippen molar-refractivity contribution in [2.75, 3.05) is 0 Å². The zero-order valence-electron chi connectivity index (χ0n) is 10.6. The van der Waals surface area contributed by atoms with Gasteiger partial charge in [0.25, 0.3) is 0 Å². The minimum atomic E-state index is -0.0226. The molecule has 2 rings (SSSR count). The molecule has 0 aliphatic heterocycles. The number of nitrogens with zero attached hydrogens (tertiary/aromatic N) is 1. The minimum absolute atomic E-state index is 0.0226. The Labute approximate surface area is 107 Å². The largest absolute Gasteiger partial charge is 0.327 e. The number of aromatic nitrogens is 1. The fourth-order valence-corrected chi connectivity index (χ4v) is 2.03. The Morgan fingerprint density at radius 2 is 2.11 bits per heavy atom. The smallest absolute Gasteiger partial charge is 0.138 e. The average Bonchev–Trinajstić information content (AvgIpc) is 2.39. The van der Waals surface area contributed by atoms with Crippen LogP contribution in [-0.4, -0.2) is 16.8 Å². The second-order valence-electron chi connectivity index (χ2n) is 4.58. The monoisotopic (exact) mass is 242 g/mol. The summed E-state index contributed by atoms with van der Waals surface area (Å²) in [5, 5.41) is 1.05. The molecule has 0 bridgehead atoms. The Bertz CT molecular complexity index is 546. The van der Waals surface area contributed by atoms with Crippen molar-refractivity contribution >= 4 is 16.7 Å². The molecule has 0 fully saturated rings. The lowest BCUT2D eigenvalue weighted by Gasteiger charge is -2.08. The van der Waals surface area contributed by atoms with Gasteiger partial charge in [-0.05, 0) is 24.1 Å². The third-order valence-corrected chi connectivity index (χ3v) is 3.14. The van der Waals surface area contributed by atoms with Gasteiger partial charge in [-0.2, -0.15) is 0 Å². The Hall–Kier alpha value is -1.74. The first-order chi connectivity index (χ1) is 8.70. The summed E-state index contributed by atoms with van der Waals surface area (Å²) in [6.07, 6.45) is 3.48. The van der Waals surface area contributed by atoms with Crippen molar-refractivity contribution in [2.45, 2.75) is 32.2 Å². The first-order valence-corrected chi connectivity index (χ1v) is 6.30. The summed E-state index contributed by atoms with van der Waals surface area (Å²) in [6.45, 7) is 2.00. The van der Waals surface area contributed by atoms with Gasteiger partial charge in [-0.15, -0.1) is 0 Å². The summed E-state index contributed by atoms with van der Waals surface area (Å²) in [6, 6.07) is 9.78. The topological polar surface area (TPSA) is 56.0 Å². The summed E-state index contributed by atoms with van der Waals surface area (Å²) in [5.41, 5.74) is 7.78.